The van der Waals surface area contributed by atoms with Crippen LogP contribution in [0.1, 0.15) is 30.6 Å². The van der Waals surface area contributed by atoms with Crippen LogP contribution < -0.4 is 5.56 Å². The highest BCUT2D eigenvalue weighted by Gasteiger charge is 2.24. The lowest BCUT2D eigenvalue weighted by molar-refractivity contribution is -0.147. The lowest BCUT2D eigenvalue weighted by Gasteiger charge is -2.16. The van der Waals surface area contributed by atoms with Gasteiger partial charge in [-0.3, -0.25) is 9.59 Å². The van der Waals surface area contributed by atoms with Crippen LogP contribution in [0, 0.1) is 6.92 Å². The Kier molecular flexibility index (Phi) is 5.06. The number of rotatable bonds is 5. The minimum Gasteiger partial charge on any atom is -0.466 e. The maximum atomic E-state index is 11.5. The van der Waals surface area contributed by atoms with E-state index in [9.17, 15) is 19.8 Å². The SMILES string of the molecule is CCOC(=O)CC(O)C(O)c1cc(C)c[nH]c1=O. The van der Waals surface area contributed by atoms with Crippen molar-refractivity contribution in [2.45, 2.75) is 32.5 Å². The molecule has 0 amide bonds. The highest BCUT2D eigenvalue weighted by Crippen LogP contribution is 2.16. The number of H-pyrrole nitrogens is 1. The number of aromatic nitrogens is 1. The molecule has 1 aromatic rings. The van der Waals surface area contributed by atoms with Crippen LogP contribution in [-0.2, 0) is 9.53 Å². The first-order valence-corrected chi connectivity index (χ1v) is 5.66. The van der Waals surface area contributed by atoms with Crippen LogP contribution in [0.25, 0.3) is 0 Å². The zero-order valence-electron chi connectivity index (χ0n) is 10.3. The highest BCUT2D eigenvalue weighted by molar-refractivity contribution is 5.70. The molecule has 100 valence electrons. The number of carbonyl (C=O) groups is 1. The van der Waals surface area contributed by atoms with Gasteiger partial charge in [0.2, 0.25) is 0 Å². The second-order valence-electron chi connectivity index (χ2n) is 3.98. The number of carbonyl (C=O) groups excluding carboxylic acids is 1. The van der Waals surface area contributed by atoms with Crippen molar-refractivity contribution in [2.24, 2.45) is 0 Å². The number of pyridine rings is 1. The van der Waals surface area contributed by atoms with Crippen LogP contribution in [0.5, 0.6) is 0 Å². The molecule has 0 radical (unpaired) electrons. The van der Waals surface area contributed by atoms with E-state index in [-0.39, 0.29) is 18.6 Å². The molecular formula is C12H17NO5. The first kappa shape index (κ1) is 14.4. The summed E-state index contributed by atoms with van der Waals surface area (Å²) in [4.78, 5) is 25.1. The minimum absolute atomic E-state index is 0.0341. The van der Waals surface area contributed by atoms with Crippen LogP contribution in [-0.4, -0.2) is 33.9 Å². The number of ether oxygens (including phenoxy) is 1. The van der Waals surface area contributed by atoms with Gasteiger partial charge in [-0.25, -0.2) is 0 Å². The first-order chi connectivity index (χ1) is 8.45. The maximum absolute atomic E-state index is 11.5. The van der Waals surface area contributed by atoms with Crippen molar-refractivity contribution in [1.82, 2.24) is 4.98 Å². The molecule has 0 aliphatic carbocycles. The van der Waals surface area contributed by atoms with Gasteiger partial charge in [0, 0.05) is 11.8 Å². The number of aliphatic hydroxyl groups is 2. The molecule has 1 rings (SSSR count). The number of hydrogen-bond acceptors (Lipinski definition) is 5. The summed E-state index contributed by atoms with van der Waals surface area (Å²) >= 11 is 0. The lowest BCUT2D eigenvalue weighted by atomic mass is 10.0. The summed E-state index contributed by atoms with van der Waals surface area (Å²) in [5, 5.41) is 19.5. The van der Waals surface area contributed by atoms with Crippen LogP contribution in [0.4, 0.5) is 0 Å². The molecule has 1 heterocycles. The predicted octanol–water partition coefficient (Wildman–Crippen LogP) is 0.0308. The van der Waals surface area contributed by atoms with Crippen LogP contribution in [0.15, 0.2) is 17.1 Å². The second-order valence-corrected chi connectivity index (χ2v) is 3.98. The number of esters is 1. The molecule has 18 heavy (non-hydrogen) atoms. The Balaban J connectivity index is 2.80. The van der Waals surface area contributed by atoms with Gasteiger partial charge in [0.25, 0.3) is 5.56 Å². The van der Waals surface area contributed by atoms with Crippen molar-refractivity contribution in [1.29, 1.82) is 0 Å². The predicted molar refractivity (Wildman–Crippen MR) is 64.0 cm³/mol. The van der Waals surface area contributed by atoms with Crippen molar-refractivity contribution in [3.63, 3.8) is 0 Å². The molecule has 0 bridgehead atoms. The number of hydrogen-bond donors (Lipinski definition) is 3. The molecule has 0 fully saturated rings. The molecule has 0 aliphatic heterocycles. The quantitative estimate of drug-likeness (QED) is 0.645. The molecule has 1 aromatic heterocycles. The Bertz CT molecular complexity index is 468. The van der Waals surface area contributed by atoms with E-state index in [4.69, 9.17) is 0 Å². The van der Waals surface area contributed by atoms with Crippen LogP contribution >= 0.6 is 0 Å². The van der Waals surface area contributed by atoms with Crippen LogP contribution in [0.2, 0.25) is 0 Å². The number of nitrogens with one attached hydrogen (secondary N) is 1. The summed E-state index contributed by atoms with van der Waals surface area (Å²) in [6.07, 6.45) is -1.65. The molecule has 0 saturated carbocycles. The van der Waals surface area contributed by atoms with Crippen LogP contribution in [0.3, 0.4) is 0 Å². The largest absolute Gasteiger partial charge is 0.466 e. The Morgan fingerprint density at radius 3 is 2.78 bits per heavy atom. The van der Waals surface area contributed by atoms with Crippen molar-refractivity contribution < 1.29 is 19.7 Å². The van der Waals surface area contributed by atoms with Gasteiger partial charge in [-0.2, -0.15) is 0 Å². The third-order valence-corrected chi connectivity index (χ3v) is 2.44. The van der Waals surface area contributed by atoms with Gasteiger partial charge in [0.05, 0.1) is 19.1 Å². The fourth-order valence-corrected chi connectivity index (χ4v) is 1.54. The monoisotopic (exact) mass is 255 g/mol. The molecule has 0 aliphatic rings. The molecule has 3 N–H and O–H groups in total. The van der Waals surface area contributed by atoms with Crippen molar-refractivity contribution >= 4 is 5.97 Å². The van der Waals surface area contributed by atoms with E-state index in [1.165, 1.54) is 12.3 Å². The molecular weight excluding hydrogens is 238 g/mol. The number of aliphatic hydroxyl groups excluding tert-OH is 2. The van der Waals surface area contributed by atoms with Gasteiger partial charge in [-0.1, -0.05) is 0 Å². The lowest BCUT2D eigenvalue weighted by Crippen LogP contribution is -2.27. The van der Waals surface area contributed by atoms with Crippen molar-refractivity contribution in [3.8, 4) is 0 Å². The van der Waals surface area contributed by atoms with Crippen molar-refractivity contribution in [3.05, 3.63) is 33.7 Å². The van der Waals surface area contributed by atoms with Gasteiger partial charge >= 0.3 is 5.97 Å². The molecule has 6 nitrogen and oxygen atoms in total. The summed E-state index contributed by atoms with van der Waals surface area (Å²) in [5.41, 5.74) is 0.287. The van der Waals surface area contributed by atoms with E-state index in [0.717, 1.165) is 5.56 Å². The summed E-state index contributed by atoms with van der Waals surface area (Å²) in [5.74, 6) is -0.617. The molecule has 0 aromatic carbocycles. The van der Waals surface area contributed by atoms with E-state index in [1.807, 2.05) is 0 Å². The van der Waals surface area contributed by atoms with Crippen molar-refractivity contribution in [2.75, 3.05) is 6.61 Å². The van der Waals surface area contributed by atoms with E-state index in [0.29, 0.717) is 0 Å². The Morgan fingerprint density at radius 2 is 2.17 bits per heavy atom. The van der Waals surface area contributed by atoms with E-state index in [1.54, 1.807) is 13.8 Å². The van der Waals surface area contributed by atoms with Gasteiger partial charge < -0.3 is 19.9 Å². The maximum Gasteiger partial charge on any atom is 0.308 e. The highest BCUT2D eigenvalue weighted by atomic mass is 16.5. The second kappa shape index (κ2) is 6.32. The average Bonchev–Trinajstić information content (AvgIpc) is 2.31. The molecule has 2 unspecified atom stereocenters. The third kappa shape index (κ3) is 3.68. The summed E-state index contributed by atoms with van der Waals surface area (Å²) < 4.78 is 4.66. The zero-order valence-corrected chi connectivity index (χ0v) is 10.3. The standard InChI is InChI=1S/C12H17NO5/c1-3-18-10(15)5-9(14)11(16)8-4-7(2)6-13-12(8)17/h4,6,9,11,14,16H,3,5H2,1-2H3,(H,13,17). The Labute approximate surface area is 104 Å². The fourth-order valence-electron chi connectivity index (χ4n) is 1.54. The number of aryl methyl sites for hydroxylation is 1. The third-order valence-electron chi connectivity index (χ3n) is 2.44. The molecule has 2 atom stereocenters. The minimum atomic E-state index is -1.42. The average molecular weight is 255 g/mol. The molecule has 0 spiro atoms. The van der Waals surface area contributed by atoms with Gasteiger partial charge in [-0.05, 0) is 25.5 Å². The summed E-state index contributed by atoms with van der Waals surface area (Å²) in [6, 6.07) is 1.47. The summed E-state index contributed by atoms with van der Waals surface area (Å²) in [6.45, 7) is 3.59. The van der Waals surface area contributed by atoms with E-state index < -0.39 is 23.7 Å². The fraction of sp³-hybridized carbons (Fsp3) is 0.500. The van der Waals surface area contributed by atoms with Gasteiger partial charge in [-0.15, -0.1) is 0 Å². The molecule has 6 heteroatoms. The molecule has 0 saturated heterocycles. The Hall–Kier alpha value is -1.66. The first-order valence-electron chi connectivity index (χ1n) is 5.66. The number of aromatic amines is 1. The Morgan fingerprint density at radius 1 is 1.50 bits per heavy atom. The normalized spacial score (nSPS) is 14.0. The smallest absolute Gasteiger partial charge is 0.308 e. The van der Waals surface area contributed by atoms with E-state index >= 15 is 0 Å². The summed E-state index contributed by atoms with van der Waals surface area (Å²) in [7, 11) is 0. The van der Waals surface area contributed by atoms with Gasteiger partial charge in [0.15, 0.2) is 0 Å². The van der Waals surface area contributed by atoms with E-state index in [2.05, 4.69) is 9.72 Å². The van der Waals surface area contributed by atoms with Gasteiger partial charge in [0.1, 0.15) is 6.10 Å². The topological polar surface area (TPSA) is 99.6 Å². The zero-order chi connectivity index (χ0) is 13.7.